The van der Waals surface area contributed by atoms with Crippen molar-refractivity contribution < 1.29 is 4.74 Å². The fourth-order valence-electron chi connectivity index (χ4n) is 2.65. The van der Waals surface area contributed by atoms with Gasteiger partial charge in [-0.25, -0.2) is 0 Å². The van der Waals surface area contributed by atoms with Crippen LogP contribution in [0.4, 0.5) is 0 Å². The highest BCUT2D eigenvalue weighted by Gasteiger charge is 2.24. The Morgan fingerprint density at radius 2 is 1.80 bits per heavy atom. The Bertz CT molecular complexity index is 162. The highest BCUT2D eigenvalue weighted by molar-refractivity contribution is 4.79. The summed E-state index contributed by atoms with van der Waals surface area (Å²) in [5, 5.41) is 0. The van der Waals surface area contributed by atoms with E-state index < -0.39 is 0 Å². The molecule has 0 radical (unpaired) electrons. The Kier molecular flexibility index (Phi) is 5.62. The molecule has 0 unspecified atom stereocenters. The van der Waals surface area contributed by atoms with Gasteiger partial charge in [0.05, 0.1) is 6.10 Å². The molecule has 0 spiro atoms. The third-order valence-corrected chi connectivity index (χ3v) is 3.50. The van der Waals surface area contributed by atoms with E-state index >= 15 is 0 Å². The van der Waals surface area contributed by atoms with Crippen molar-refractivity contribution in [3.63, 3.8) is 0 Å². The first-order valence-corrected chi connectivity index (χ1v) is 6.44. The van der Waals surface area contributed by atoms with Crippen molar-refractivity contribution in [1.82, 2.24) is 4.90 Å². The number of nitrogens with zero attached hydrogens (tertiary/aromatic N) is 1. The van der Waals surface area contributed by atoms with Gasteiger partial charge in [0.15, 0.2) is 0 Å². The van der Waals surface area contributed by atoms with Crippen LogP contribution in [0.1, 0.15) is 46.5 Å². The molecule has 0 bridgehead atoms. The maximum Gasteiger partial charge on any atom is 0.0572 e. The first-order valence-electron chi connectivity index (χ1n) is 6.44. The van der Waals surface area contributed by atoms with Gasteiger partial charge in [-0.1, -0.05) is 20.8 Å². The van der Waals surface area contributed by atoms with Crippen molar-refractivity contribution in [3.05, 3.63) is 0 Å². The molecule has 1 saturated carbocycles. The van der Waals surface area contributed by atoms with Gasteiger partial charge in [-0.15, -0.1) is 0 Å². The van der Waals surface area contributed by atoms with Gasteiger partial charge in [0.1, 0.15) is 0 Å². The third-order valence-electron chi connectivity index (χ3n) is 3.50. The predicted octanol–water partition coefficient (Wildman–Crippen LogP) is 2.92. The van der Waals surface area contributed by atoms with E-state index in [0.717, 1.165) is 12.0 Å². The zero-order valence-electron chi connectivity index (χ0n) is 10.8. The van der Waals surface area contributed by atoms with Crippen molar-refractivity contribution in [3.8, 4) is 0 Å². The molecular formula is C13H27NO. The van der Waals surface area contributed by atoms with E-state index in [2.05, 4.69) is 25.7 Å². The van der Waals surface area contributed by atoms with Gasteiger partial charge < -0.3 is 9.64 Å². The Labute approximate surface area is 95.0 Å². The molecule has 90 valence electrons. The zero-order chi connectivity index (χ0) is 11.3. The van der Waals surface area contributed by atoms with E-state index in [1.54, 1.807) is 0 Å². The maximum absolute atomic E-state index is 5.42. The molecule has 0 heterocycles. The largest absolute Gasteiger partial charge is 0.381 e. The Morgan fingerprint density at radius 1 is 1.20 bits per heavy atom. The molecule has 1 aliphatic rings. The van der Waals surface area contributed by atoms with Gasteiger partial charge in [0, 0.05) is 19.7 Å². The molecule has 2 nitrogen and oxygen atoms in total. The fourth-order valence-corrected chi connectivity index (χ4v) is 2.65. The summed E-state index contributed by atoms with van der Waals surface area (Å²) >= 11 is 0. The monoisotopic (exact) mass is 213 g/mol. The summed E-state index contributed by atoms with van der Waals surface area (Å²) in [7, 11) is 1.84. The van der Waals surface area contributed by atoms with Crippen LogP contribution < -0.4 is 0 Å². The van der Waals surface area contributed by atoms with Crippen LogP contribution in [0.5, 0.6) is 0 Å². The molecule has 0 aromatic carbocycles. The van der Waals surface area contributed by atoms with Crippen LogP contribution in [0, 0.1) is 5.92 Å². The molecule has 0 aromatic heterocycles. The molecule has 0 aliphatic heterocycles. The van der Waals surface area contributed by atoms with Gasteiger partial charge in [0.2, 0.25) is 0 Å². The van der Waals surface area contributed by atoms with Crippen LogP contribution in [0.25, 0.3) is 0 Å². The van der Waals surface area contributed by atoms with Crippen LogP contribution in [0.2, 0.25) is 0 Å². The van der Waals surface area contributed by atoms with Crippen molar-refractivity contribution in [2.75, 3.05) is 20.2 Å². The lowest BCUT2D eigenvalue weighted by atomic mass is 9.91. The van der Waals surface area contributed by atoms with Crippen LogP contribution in [-0.2, 0) is 4.74 Å². The Balaban J connectivity index is 2.35. The summed E-state index contributed by atoms with van der Waals surface area (Å²) < 4.78 is 5.42. The van der Waals surface area contributed by atoms with Crippen molar-refractivity contribution in [2.24, 2.45) is 5.92 Å². The lowest BCUT2D eigenvalue weighted by Crippen LogP contribution is -2.41. The number of methoxy groups -OCH3 is 1. The summed E-state index contributed by atoms with van der Waals surface area (Å²) in [6.45, 7) is 9.34. The van der Waals surface area contributed by atoms with Crippen LogP contribution in [-0.4, -0.2) is 37.2 Å². The Morgan fingerprint density at radius 3 is 2.20 bits per heavy atom. The van der Waals surface area contributed by atoms with Crippen molar-refractivity contribution >= 4 is 0 Å². The smallest absolute Gasteiger partial charge is 0.0572 e. The minimum absolute atomic E-state index is 0.527. The number of rotatable bonds is 5. The lowest BCUT2D eigenvalue weighted by molar-refractivity contribution is 0.0370. The van der Waals surface area contributed by atoms with E-state index in [1.165, 1.54) is 38.8 Å². The summed E-state index contributed by atoms with van der Waals surface area (Å²) in [5.41, 5.74) is 0. The van der Waals surface area contributed by atoms with E-state index in [-0.39, 0.29) is 0 Å². The molecule has 0 aromatic rings. The van der Waals surface area contributed by atoms with E-state index in [4.69, 9.17) is 4.74 Å². The SMILES string of the molecule is CCN(CC(C)C)[C@H]1CC[C@@H](OC)CC1. The van der Waals surface area contributed by atoms with Crippen LogP contribution in [0.15, 0.2) is 0 Å². The predicted molar refractivity (Wildman–Crippen MR) is 65.1 cm³/mol. The molecule has 1 rings (SSSR count). The summed E-state index contributed by atoms with van der Waals surface area (Å²) in [4.78, 5) is 2.65. The molecular weight excluding hydrogens is 186 g/mol. The molecule has 1 aliphatic carbocycles. The molecule has 0 N–H and O–H groups in total. The van der Waals surface area contributed by atoms with Crippen molar-refractivity contribution in [1.29, 1.82) is 0 Å². The number of hydrogen-bond donors (Lipinski definition) is 0. The van der Waals surface area contributed by atoms with Crippen molar-refractivity contribution in [2.45, 2.75) is 58.6 Å². The fraction of sp³-hybridized carbons (Fsp3) is 1.00. The van der Waals surface area contributed by atoms with Gasteiger partial charge in [-0.05, 0) is 38.1 Å². The van der Waals surface area contributed by atoms with Gasteiger partial charge in [-0.2, -0.15) is 0 Å². The minimum atomic E-state index is 0.527. The summed E-state index contributed by atoms with van der Waals surface area (Å²) in [5.74, 6) is 0.782. The van der Waals surface area contributed by atoms with E-state index in [1.807, 2.05) is 7.11 Å². The van der Waals surface area contributed by atoms with Crippen LogP contribution in [0.3, 0.4) is 0 Å². The second kappa shape index (κ2) is 6.49. The Hall–Kier alpha value is -0.0800. The quantitative estimate of drug-likeness (QED) is 0.696. The number of hydrogen-bond acceptors (Lipinski definition) is 2. The zero-order valence-corrected chi connectivity index (χ0v) is 10.8. The van der Waals surface area contributed by atoms with Gasteiger partial charge >= 0.3 is 0 Å². The molecule has 0 amide bonds. The summed E-state index contributed by atoms with van der Waals surface area (Å²) in [6, 6.07) is 0.809. The molecule has 2 heteroatoms. The van der Waals surface area contributed by atoms with E-state index in [9.17, 15) is 0 Å². The maximum atomic E-state index is 5.42. The lowest BCUT2D eigenvalue weighted by Gasteiger charge is -2.36. The normalized spacial score (nSPS) is 27.6. The summed E-state index contributed by atoms with van der Waals surface area (Å²) in [6.07, 6.45) is 5.66. The average molecular weight is 213 g/mol. The minimum Gasteiger partial charge on any atom is -0.381 e. The second-order valence-corrected chi connectivity index (χ2v) is 5.15. The topological polar surface area (TPSA) is 12.5 Å². The third kappa shape index (κ3) is 4.12. The molecule has 15 heavy (non-hydrogen) atoms. The van der Waals surface area contributed by atoms with Gasteiger partial charge in [0.25, 0.3) is 0 Å². The average Bonchev–Trinajstić information content (AvgIpc) is 2.26. The first kappa shape index (κ1) is 13.0. The highest BCUT2D eigenvalue weighted by Crippen LogP contribution is 2.25. The second-order valence-electron chi connectivity index (χ2n) is 5.15. The molecule has 0 saturated heterocycles. The van der Waals surface area contributed by atoms with Gasteiger partial charge in [-0.3, -0.25) is 0 Å². The van der Waals surface area contributed by atoms with Crippen LogP contribution >= 0.6 is 0 Å². The molecule has 0 atom stereocenters. The first-order chi connectivity index (χ1) is 7.17. The van der Waals surface area contributed by atoms with E-state index in [0.29, 0.717) is 6.10 Å². The number of ether oxygens (including phenoxy) is 1. The molecule has 1 fully saturated rings. The standard InChI is InChI=1S/C13H27NO/c1-5-14(10-11(2)3)12-6-8-13(15-4)9-7-12/h11-13H,5-10H2,1-4H3/t12-,13+. The highest BCUT2D eigenvalue weighted by atomic mass is 16.5.